The molecule has 0 N–H and O–H groups in total. The maximum Gasteiger partial charge on any atom is 0.137 e. The molecule has 0 saturated carbocycles. The van der Waals surface area contributed by atoms with E-state index in [-0.39, 0.29) is 10.8 Å². The quantitative estimate of drug-likeness (QED) is 0.181. The smallest absolute Gasteiger partial charge is 0.137 e. The Bertz CT molecular complexity index is 3080. The van der Waals surface area contributed by atoms with Crippen LogP contribution in [-0.4, -0.2) is 9.13 Å². The molecule has 11 rings (SSSR count). The van der Waals surface area contributed by atoms with Gasteiger partial charge in [0.1, 0.15) is 11.2 Å². The molecule has 3 heteroatoms. The highest BCUT2D eigenvalue weighted by atomic mass is 16.3. The highest BCUT2D eigenvalue weighted by molar-refractivity contribution is 6.26. The number of hydrogen-bond acceptors (Lipinski definition) is 1. The van der Waals surface area contributed by atoms with Crippen molar-refractivity contribution in [1.29, 1.82) is 0 Å². The van der Waals surface area contributed by atoms with E-state index in [1.165, 1.54) is 84.0 Å². The van der Waals surface area contributed by atoms with Crippen molar-refractivity contribution in [3.8, 4) is 11.4 Å². The summed E-state index contributed by atoms with van der Waals surface area (Å²) in [5.74, 6) is 0. The maximum atomic E-state index is 6.44. The molecule has 246 valence electrons. The van der Waals surface area contributed by atoms with Crippen LogP contribution in [-0.2, 0) is 10.8 Å². The fourth-order valence-corrected chi connectivity index (χ4v) is 9.41. The van der Waals surface area contributed by atoms with Crippen molar-refractivity contribution in [3.05, 3.63) is 145 Å². The predicted octanol–water partition coefficient (Wildman–Crippen LogP) is 13.3. The Kier molecular flexibility index (Phi) is 5.64. The third-order valence-electron chi connectivity index (χ3n) is 12.1. The predicted molar refractivity (Wildman–Crippen MR) is 215 cm³/mol. The Morgan fingerprint density at radius 3 is 1.92 bits per heavy atom. The van der Waals surface area contributed by atoms with Gasteiger partial charge in [-0.15, -0.1) is 0 Å². The van der Waals surface area contributed by atoms with Crippen molar-refractivity contribution in [2.45, 2.75) is 51.4 Å². The first-order valence-electron chi connectivity index (χ1n) is 18.2. The fourth-order valence-electron chi connectivity index (χ4n) is 9.41. The molecule has 3 nitrogen and oxygen atoms in total. The molecule has 0 spiro atoms. The second kappa shape index (κ2) is 9.92. The number of fused-ring (bicyclic) bond motifs is 12. The first-order chi connectivity index (χ1) is 24.8. The molecule has 3 aromatic heterocycles. The third-order valence-corrected chi connectivity index (χ3v) is 12.1. The Hall–Kier alpha value is -5.80. The third kappa shape index (κ3) is 3.89. The van der Waals surface area contributed by atoms with Crippen LogP contribution in [0.2, 0.25) is 0 Å². The molecule has 0 fully saturated rings. The molecule has 1 aliphatic rings. The summed E-state index contributed by atoms with van der Waals surface area (Å²) in [6.07, 6.45) is 2.37. The van der Waals surface area contributed by atoms with Gasteiger partial charge in [0.2, 0.25) is 0 Å². The maximum absolute atomic E-state index is 6.44. The normalized spacial score (nSPS) is 15.6. The Labute approximate surface area is 296 Å². The molecule has 51 heavy (non-hydrogen) atoms. The van der Waals surface area contributed by atoms with E-state index >= 15 is 0 Å². The van der Waals surface area contributed by atoms with Crippen molar-refractivity contribution in [2.24, 2.45) is 0 Å². The zero-order valence-corrected chi connectivity index (χ0v) is 29.4. The highest BCUT2D eigenvalue weighted by Gasteiger charge is 2.38. The summed E-state index contributed by atoms with van der Waals surface area (Å²) in [5, 5.41) is 9.97. The van der Waals surface area contributed by atoms with E-state index in [0.717, 1.165) is 27.6 Å². The van der Waals surface area contributed by atoms with Gasteiger partial charge in [-0.05, 0) is 106 Å². The second-order valence-corrected chi connectivity index (χ2v) is 16.0. The van der Waals surface area contributed by atoms with Gasteiger partial charge in [0.25, 0.3) is 0 Å². The van der Waals surface area contributed by atoms with Gasteiger partial charge >= 0.3 is 0 Å². The topological polar surface area (TPSA) is 23.0 Å². The molecule has 1 aliphatic carbocycles. The van der Waals surface area contributed by atoms with Crippen molar-refractivity contribution >= 4 is 76.3 Å². The van der Waals surface area contributed by atoms with Gasteiger partial charge < -0.3 is 13.6 Å². The van der Waals surface area contributed by atoms with Crippen LogP contribution in [0.15, 0.2) is 138 Å². The molecule has 10 aromatic rings. The molecular weight excluding hydrogens is 621 g/mol. The average Bonchev–Trinajstić information content (AvgIpc) is 3.79. The minimum atomic E-state index is 0.111. The van der Waals surface area contributed by atoms with Crippen LogP contribution in [0.1, 0.15) is 51.7 Å². The zero-order chi connectivity index (χ0) is 34.2. The number of rotatable bonds is 2. The minimum Gasteiger partial charge on any atom is -0.456 e. The van der Waals surface area contributed by atoms with Gasteiger partial charge in [0, 0.05) is 32.6 Å². The molecule has 0 aliphatic heterocycles. The second-order valence-electron chi connectivity index (χ2n) is 16.0. The van der Waals surface area contributed by atoms with Crippen molar-refractivity contribution in [3.63, 3.8) is 0 Å². The Morgan fingerprint density at radius 2 is 1.10 bits per heavy atom. The Morgan fingerprint density at radius 1 is 0.451 bits per heavy atom. The van der Waals surface area contributed by atoms with E-state index in [2.05, 4.69) is 170 Å². The van der Waals surface area contributed by atoms with E-state index < -0.39 is 0 Å². The van der Waals surface area contributed by atoms with Crippen LogP contribution in [0.3, 0.4) is 0 Å². The lowest BCUT2D eigenvalue weighted by atomic mass is 9.63. The van der Waals surface area contributed by atoms with E-state index in [1.54, 1.807) is 0 Å². The zero-order valence-electron chi connectivity index (χ0n) is 29.4. The first-order valence-corrected chi connectivity index (χ1v) is 18.2. The van der Waals surface area contributed by atoms with Crippen molar-refractivity contribution in [2.75, 3.05) is 0 Å². The van der Waals surface area contributed by atoms with Crippen LogP contribution in [0.5, 0.6) is 0 Å². The number of hydrogen-bond donors (Lipinski definition) is 0. The molecule has 0 saturated heterocycles. The first kappa shape index (κ1) is 29.0. The lowest BCUT2D eigenvalue weighted by Gasteiger charge is -2.42. The fraction of sp³-hybridized carbons (Fsp3) is 0.167. The summed E-state index contributed by atoms with van der Waals surface area (Å²) in [4.78, 5) is 0. The van der Waals surface area contributed by atoms with E-state index in [0.29, 0.717) is 0 Å². The average molecular weight is 659 g/mol. The molecule has 0 amide bonds. The summed E-state index contributed by atoms with van der Waals surface area (Å²) in [6, 6.07) is 49.3. The van der Waals surface area contributed by atoms with Crippen molar-refractivity contribution < 1.29 is 4.42 Å². The number of aromatic nitrogens is 2. The minimum absolute atomic E-state index is 0.111. The summed E-state index contributed by atoms with van der Waals surface area (Å²) >= 11 is 0. The highest BCUT2D eigenvalue weighted by Crippen LogP contribution is 2.50. The standard InChI is InChI=1S/C48H38N2O/c1-47(2)23-24-48(3,4)37-27-40-34(26-36(37)47)33-25-35-42(28-41(33)49(40)30-14-6-5-7-15-30)50(39-22-21-29-13-8-9-16-31(29)45(35)39)38-18-12-20-44-46(38)32-17-10-11-19-43(32)51-44/h5-22,25-28H,23-24H2,1-4H3. The van der Waals surface area contributed by atoms with Crippen LogP contribution in [0.25, 0.3) is 87.7 Å². The van der Waals surface area contributed by atoms with E-state index in [1.807, 2.05) is 0 Å². The van der Waals surface area contributed by atoms with Crippen LogP contribution >= 0.6 is 0 Å². The largest absolute Gasteiger partial charge is 0.456 e. The SMILES string of the molecule is CC1(C)CCC(C)(C)c2cc3c(cc21)c1cc2c4c5ccccc5ccc4n(-c4cccc5oc6ccccc6c45)c2cc1n3-c1ccccc1. The van der Waals surface area contributed by atoms with Crippen LogP contribution < -0.4 is 0 Å². The van der Waals surface area contributed by atoms with Gasteiger partial charge in [-0.1, -0.05) is 100 Å². The monoisotopic (exact) mass is 658 g/mol. The number of furan rings is 1. The van der Waals surface area contributed by atoms with E-state index in [4.69, 9.17) is 4.42 Å². The number of para-hydroxylation sites is 2. The van der Waals surface area contributed by atoms with Crippen LogP contribution in [0.4, 0.5) is 0 Å². The summed E-state index contributed by atoms with van der Waals surface area (Å²) in [5.41, 5.74) is 12.2. The van der Waals surface area contributed by atoms with Gasteiger partial charge in [-0.25, -0.2) is 0 Å². The summed E-state index contributed by atoms with van der Waals surface area (Å²) in [6.45, 7) is 9.72. The molecule has 7 aromatic carbocycles. The van der Waals surface area contributed by atoms with Gasteiger partial charge in [-0.3, -0.25) is 0 Å². The molecular formula is C48H38N2O. The van der Waals surface area contributed by atoms with Gasteiger partial charge in [0.05, 0.1) is 33.1 Å². The molecule has 0 unspecified atom stereocenters. The number of benzene rings is 7. The van der Waals surface area contributed by atoms with Gasteiger partial charge in [-0.2, -0.15) is 0 Å². The Balaban J connectivity index is 1.37. The van der Waals surface area contributed by atoms with Gasteiger partial charge in [0.15, 0.2) is 0 Å². The summed E-state index contributed by atoms with van der Waals surface area (Å²) < 4.78 is 11.4. The lowest BCUT2D eigenvalue weighted by molar-refractivity contribution is 0.332. The van der Waals surface area contributed by atoms with Crippen molar-refractivity contribution in [1.82, 2.24) is 9.13 Å². The molecule has 0 atom stereocenters. The molecule has 3 heterocycles. The summed E-state index contributed by atoms with van der Waals surface area (Å²) in [7, 11) is 0. The van der Waals surface area contributed by atoms with E-state index in [9.17, 15) is 0 Å². The number of nitrogens with zero attached hydrogens (tertiary/aromatic N) is 2. The molecule has 0 bridgehead atoms. The molecule has 0 radical (unpaired) electrons. The van der Waals surface area contributed by atoms with Crippen LogP contribution in [0, 0.1) is 0 Å². The lowest BCUT2D eigenvalue weighted by Crippen LogP contribution is -2.33.